The number of carbonyl (C=O) groups is 2. The zero-order chi connectivity index (χ0) is 25.5. The van der Waals surface area contributed by atoms with E-state index in [0.29, 0.717) is 6.42 Å². The van der Waals surface area contributed by atoms with E-state index < -0.39 is 29.7 Å². The van der Waals surface area contributed by atoms with Crippen molar-refractivity contribution in [3.8, 4) is 0 Å². The number of aliphatic hydroxyl groups excluding tert-OH is 2. The lowest BCUT2D eigenvalue weighted by atomic mass is 9.80. The van der Waals surface area contributed by atoms with Gasteiger partial charge >= 0.3 is 5.97 Å². The highest BCUT2D eigenvalue weighted by atomic mass is 16.4. The highest BCUT2D eigenvalue weighted by Gasteiger charge is 2.51. The molecule has 0 rings (SSSR count). The topological polar surface area (TPSA) is 118 Å². The smallest absolute Gasteiger partial charge is 0.303 e. The normalized spacial score (nSPS) is 16.7. The number of carbonyl (C=O) groups excluding carboxylic acids is 1. The lowest BCUT2D eigenvalue weighted by Gasteiger charge is -2.54. The molecule has 4 atom stereocenters. The van der Waals surface area contributed by atoms with Gasteiger partial charge in [0, 0.05) is 19.3 Å². The minimum Gasteiger partial charge on any atom is -0.544 e. The van der Waals surface area contributed by atoms with Crippen LogP contribution in [0, 0.1) is 0 Å². The molecule has 0 aliphatic rings. The minimum atomic E-state index is -1.55. The number of carboxylic acid groups (broad SMARTS) is 2. The standard InChI is InChI=1S/C26H51NO6/c1-6-7-8-9-10-11-12-13-14-15-16-23(19-21(2)28)27(4,5)26(25(32)33,20-22(3)29)18-17-24(30)31/h21-23,28-29H,6-20H2,1-5H3,(H-,30,31,32,33). The van der Waals surface area contributed by atoms with Gasteiger partial charge in [0.2, 0.25) is 0 Å². The van der Waals surface area contributed by atoms with Crippen LogP contribution >= 0.6 is 0 Å². The molecule has 7 heteroatoms. The van der Waals surface area contributed by atoms with E-state index >= 15 is 0 Å². The molecule has 0 fully saturated rings. The Morgan fingerprint density at radius 1 is 0.879 bits per heavy atom. The summed E-state index contributed by atoms with van der Waals surface area (Å²) < 4.78 is -0.0180. The molecular formula is C26H51NO6. The monoisotopic (exact) mass is 473 g/mol. The van der Waals surface area contributed by atoms with Crippen LogP contribution in [0.15, 0.2) is 0 Å². The van der Waals surface area contributed by atoms with Crippen LogP contribution in [0.2, 0.25) is 0 Å². The van der Waals surface area contributed by atoms with Crippen molar-refractivity contribution in [2.24, 2.45) is 0 Å². The molecule has 0 saturated heterocycles. The molecule has 196 valence electrons. The number of nitrogens with zero attached hydrogens (tertiary/aromatic N) is 1. The molecule has 3 N–H and O–H groups in total. The highest BCUT2D eigenvalue weighted by molar-refractivity contribution is 5.76. The highest BCUT2D eigenvalue weighted by Crippen LogP contribution is 2.37. The van der Waals surface area contributed by atoms with E-state index in [1.165, 1.54) is 51.9 Å². The van der Waals surface area contributed by atoms with Crippen molar-refractivity contribution >= 4 is 11.9 Å². The Kier molecular flexibility index (Phi) is 15.9. The summed E-state index contributed by atoms with van der Waals surface area (Å²) in [7, 11) is 3.56. The van der Waals surface area contributed by atoms with E-state index in [9.17, 15) is 30.0 Å². The Labute approximate surface area is 201 Å². The third-order valence-corrected chi connectivity index (χ3v) is 7.29. The molecule has 0 aromatic heterocycles. The molecule has 0 radical (unpaired) electrons. The lowest BCUT2D eigenvalue weighted by Crippen LogP contribution is -2.72. The van der Waals surface area contributed by atoms with Crippen LogP contribution in [0.25, 0.3) is 0 Å². The van der Waals surface area contributed by atoms with Crippen molar-refractivity contribution in [1.82, 2.24) is 0 Å². The van der Waals surface area contributed by atoms with Crippen molar-refractivity contribution in [1.29, 1.82) is 0 Å². The first-order chi connectivity index (χ1) is 15.4. The van der Waals surface area contributed by atoms with Crippen molar-refractivity contribution < 1.29 is 34.5 Å². The Hall–Kier alpha value is -1.18. The van der Waals surface area contributed by atoms with Gasteiger partial charge in [-0.3, -0.25) is 4.79 Å². The minimum absolute atomic E-state index is 0.0180. The van der Waals surface area contributed by atoms with Crippen LogP contribution < -0.4 is 5.11 Å². The summed E-state index contributed by atoms with van der Waals surface area (Å²) in [6.45, 7) is 5.43. The van der Waals surface area contributed by atoms with E-state index in [1.807, 2.05) is 0 Å². The number of hydrogen-bond acceptors (Lipinski definition) is 5. The van der Waals surface area contributed by atoms with Gasteiger partial charge in [0.25, 0.3) is 0 Å². The third kappa shape index (κ3) is 11.7. The number of rotatable bonds is 21. The SMILES string of the molecule is CCCCCCCCCCCCC(CC(C)O)[N+](C)(C)C(CCC(=O)O)(CC(C)O)C(=O)[O-]. The average molecular weight is 474 g/mol. The number of hydrogen-bond donors (Lipinski definition) is 3. The number of aliphatic carboxylic acids is 2. The van der Waals surface area contributed by atoms with Gasteiger partial charge in [0.15, 0.2) is 0 Å². The van der Waals surface area contributed by atoms with Crippen molar-refractivity contribution in [2.75, 3.05) is 14.1 Å². The fourth-order valence-corrected chi connectivity index (χ4v) is 5.16. The van der Waals surface area contributed by atoms with Crippen LogP contribution in [-0.2, 0) is 9.59 Å². The summed E-state index contributed by atoms with van der Waals surface area (Å²) in [4.78, 5) is 23.7. The maximum Gasteiger partial charge on any atom is 0.303 e. The maximum absolute atomic E-state index is 12.5. The van der Waals surface area contributed by atoms with Gasteiger partial charge in [0.1, 0.15) is 11.5 Å². The van der Waals surface area contributed by atoms with Gasteiger partial charge < -0.3 is 29.7 Å². The molecule has 33 heavy (non-hydrogen) atoms. The summed E-state index contributed by atoms with van der Waals surface area (Å²) in [6, 6.07) is -0.190. The van der Waals surface area contributed by atoms with Crippen molar-refractivity contribution in [3.63, 3.8) is 0 Å². The summed E-state index contributed by atoms with van der Waals surface area (Å²) in [5.74, 6) is -2.42. The van der Waals surface area contributed by atoms with Gasteiger partial charge in [-0.25, -0.2) is 0 Å². The number of likely N-dealkylation sites (N-methyl/N-ethyl adjacent to an activating group) is 1. The van der Waals surface area contributed by atoms with Gasteiger partial charge in [0.05, 0.1) is 38.8 Å². The molecule has 0 spiro atoms. The predicted molar refractivity (Wildman–Crippen MR) is 130 cm³/mol. The summed E-state index contributed by atoms with van der Waals surface area (Å²) >= 11 is 0. The fourth-order valence-electron chi connectivity index (χ4n) is 5.16. The Balaban J connectivity index is 5.21. The lowest BCUT2D eigenvalue weighted by molar-refractivity contribution is -0.959. The Bertz CT molecular complexity index is 549. The average Bonchev–Trinajstić information content (AvgIpc) is 2.70. The van der Waals surface area contributed by atoms with Crippen LogP contribution in [-0.4, -0.2) is 69.6 Å². The largest absolute Gasteiger partial charge is 0.544 e. The molecule has 7 nitrogen and oxygen atoms in total. The number of unbranched alkanes of at least 4 members (excludes halogenated alkanes) is 9. The first-order valence-electron chi connectivity index (χ1n) is 13.0. The summed E-state index contributed by atoms with van der Waals surface area (Å²) in [5, 5.41) is 41.9. The Morgan fingerprint density at radius 3 is 1.76 bits per heavy atom. The number of carboxylic acids is 2. The summed E-state index contributed by atoms with van der Waals surface area (Å²) in [6.07, 6.45) is 11.1. The molecule has 0 aliphatic heterocycles. The van der Waals surface area contributed by atoms with Crippen molar-refractivity contribution in [3.05, 3.63) is 0 Å². The van der Waals surface area contributed by atoms with Crippen LogP contribution in [0.4, 0.5) is 0 Å². The summed E-state index contributed by atoms with van der Waals surface area (Å²) in [5.41, 5.74) is -1.55. The number of quaternary nitrogens is 1. The molecule has 0 saturated carbocycles. The third-order valence-electron chi connectivity index (χ3n) is 7.29. The van der Waals surface area contributed by atoms with E-state index in [-0.39, 0.29) is 29.8 Å². The fraction of sp³-hybridized carbons (Fsp3) is 0.923. The molecule has 0 heterocycles. The van der Waals surface area contributed by atoms with Gasteiger partial charge in [-0.05, 0) is 26.7 Å². The molecule has 0 aliphatic carbocycles. The maximum atomic E-state index is 12.5. The van der Waals surface area contributed by atoms with Gasteiger partial charge in [-0.2, -0.15) is 0 Å². The predicted octanol–water partition coefficient (Wildman–Crippen LogP) is 3.64. The molecule has 0 aromatic carbocycles. The second-order valence-corrected chi connectivity index (χ2v) is 10.5. The molecular weight excluding hydrogens is 422 g/mol. The molecule has 0 bridgehead atoms. The number of aliphatic hydroxyl groups is 2. The van der Waals surface area contributed by atoms with E-state index in [2.05, 4.69) is 6.92 Å². The first kappa shape index (κ1) is 31.8. The van der Waals surface area contributed by atoms with Gasteiger partial charge in [-0.15, -0.1) is 0 Å². The molecule has 0 amide bonds. The van der Waals surface area contributed by atoms with E-state index in [1.54, 1.807) is 21.0 Å². The molecule has 0 aromatic rings. The van der Waals surface area contributed by atoms with Crippen LogP contribution in [0.1, 0.15) is 117 Å². The zero-order valence-corrected chi connectivity index (χ0v) is 21.9. The van der Waals surface area contributed by atoms with E-state index in [4.69, 9.17) is 0 Å². The molecule has 4 unspecified atom stereocenters. The van der Waals surface area contributed by atoms with E-state index in [0.717, 1.165) is 25.7 Å². The second-order valence-electron chi connectivity index (χ2n) is 10.5. The first-order valence-corrected chi connectivity index (χ1v) is 13.0. The zero-order valence-electron chi connectivity index (χ0n) is 21.9. The quantitative estimate of drug-likeness (QED) is 0.173. The second kappa shape index (κ2) is 16.4. The Morgan fingerprint density at radius 2 is 1.36 bits per heavy atom. The van der Waals surface area contributed by atoms with Crippen LogP contribution in [0.5, 0.6) is 0 Å². The van der Waals surface area contributed by atoms with Crippen molar-refractivity contribution in [2.45, 2.75) is 141 Å². The van der Waals surface area contributed by atoms with Gasteiger partial charge in [-0.1, -0.05) is 64.7 Å². The van der Waals surface area contributed by atoms with Crippen LogP contribution in [0.3, 0.4) is 0 Å².